The minimum absolute atomic E-state index is 0.114. The van der Waals surface area contributed by atoms with E-state index in [4.69, 9.17) is 11.6 Å². The molecule has 1 aromatic heterocycles. The molecule has 2 amide bonds. The molecular formula is C24H20ClFN2O2S. The summed E-state index contributed by atoms with van der Waals surface area (Å²) in [5.74, 6) is -0.703. The Bertz CT molecular complexity index is 1230. The van der Waals surface area contributed by atoms with Crippen molar-refractivity contribution in [3.63, 3.8) is 0 Å². The SMILES string of the molecule is Cc1c(Cl)cccc1-n1c(C)cc(/C=C2/SC(=O)N(Cc3ccc(F)cc3)C2=O)c1C. The molecule has 1 aliphatic heterocycles. The van der Waals surface area contributed by atoms with Crippen LogP contribution in [0.25, 0.3) is 11.8 Å². The fourth-order valence-electron chi connectivity index (χ4n) is 3.69. The summed E-state index contributed by atoms with van der Waals surface area (Å²) in [6, 6.07) is 13.5. The topological polar surface area (TPSA) is 42.3 Å². The number of amides is 2. The number of carbonyl (C=O) groups is 2. The lowest BCUT2D eigenvalue weighted by atomic mass is 10.2. The molecule has 158 valence electrons. The first kappa shape index (κ1) is 21.4. The van der Waals surface area contributed by atoms with E-state index in [1.807, 2.05) is 45.0 Å². The normalized spacial score (nSPS) is 15.4. The first-order valence-corrected chi connectivity index (χ1v) is 10.9. The van der Waals surface area contributed by atoms with Gasteiger partial charge in [0.2, 0.25) is 0 Å². The molecule has 0 radical (unpaired) electrons. The van der Waals surface area contributed by atoms with Gasteiger partial charge in [-0.05, 0) is 85.6 Å². The number of carbonyl (C=O) groups excluding carboxylic acids is 2. The maximum absolute atomic E-state index is 13.1. The Labute approximate surface area is 189 Å². The second-order valence-electron chi connectivity index (χ2n) is 7.44. The predicted octanol–water partition coefficient (Wildman–Crippen LogP) is 6.43. The van der Waals surface area contributed by atoms with Crippen LogP contribution in [0.4, 0.5) is 9.18 Å². The standard InChI is InChI=1S/C24H20ClFN2O2S/c1-14-11-18(16(3)28(14)21-6-4-5-20(25)15(21)2)12-22-23(29)27(24(30)31-22)13-17-7-9-19(26)10-8-17/h4-12H,13H2,1-3H3/b22-12+. The van der Waals surface area contributed by atoms with Gasteiger partial charge in [0.1, 0.15) is 5.82 Å². The molecule has 1 aliphatic rings. The molecule has 4 rings (SSSR count). The zero-order chi connectivity index (χ0) is 22.3. The summed E-state index contributed by atoms with van der Waals surface area (Å²) in [6.45, 7) is 6.05. The molecule has 0 unspecified atom stereocenters. The fourth-order valence-corrected chi connectivity index (χ4v) is 4.69. The van der Waals surface area contributed by atoms with Crippen molar-refractivity contribution >= 4 is 40.6 Å². The Hall–Kier alpha value is -2.83. The molecule has 31 heavy (non-hydrogen) atoms. The third kappa shape index (κ3) is 4.05. The van der Waals surface area contributed by atoms with Crippen molar-refractivity contribution in [1.29, 1.82) is 0 Å². The van der Waals surface area contributed by atoms with Crippen LogP contribution in [0.3, 0.4) is 0 Å². The number of halogens is 2. The van der Waals surface area contributed by atoms with E-state index in [1.54, 1.807) is 18.2 Å². The van der Waals surface area contributed by atoms with Crippen molar-refractivity contribution in [1.82, 2.24) is 9.47 Å². The van der Waals surface area contributed by atoms with Gasteiger partial charge < -0.3 is 4.57 Å². The molecule has 0 spiro atoms. The zero-order valence-corrected chi connectivity index (χ0v) is 18.9. The summed E-state index contributed by atoms with van der Waals surface area (Å²) in [5, 5.41) is 0.355. The van der Waals surface area contributed by atoms with Crippen LogP contribution < -0.4 is 0 Å². The highest BCUT2D eigenvalue weighted by molar-refractivity contribution is 8.18. The van der Waals surface area contributed by atoms with E-state index in [-0.39, 0.29) is 23.5 Å². The summed E-state index contributed by atoms with van der Waals surface area (Å²) in [4.78, 5) is 26.9. The molecule has 1 fully saturated rings. The first-order valence-electron chi connectivity index (χ1n) is 9.70. The van der Waals surface area contributed by atoms with Crippen LogP contribution >= 0.6 is 23.4 Å². The fraction of sp³-hybridized carbons (Fsp3) is 0.167. The molecule has 0 N–H and O–H groups in total. The maximum Gasteiger partial charge on any atom is 0.293 e. The summed E-state index contributed by atoms with van der Waals surface area (Å²) in [7, 11) is 0. The van der Waals surface area contributed by atoms with E-state index >= 15 is 0 Å². The summed E-state index contributed by atoms with van der Waals surface area (Å²) in [5.41, 5.74) is 5.46. The molecular weight excluding hydrogens is 435 g/mol. The Kier molecular flexibility index (Phi) is 5.77. The number of thioether (sulfide) groups is 1. The quantitative estimate of drug-likeness (QED) is 0.426. The van der Waals surface area contributed by atoms with Gasteiger partial charge in [0, 0.05) is 22.1 Å². The monoisotopic (exact) mass is 454 g/mol. The number of hydrogen-bond donors (Lipinski definition) is 0. The van der Waals surface area contributed by atoms with E-state index in [1.165, 1.54) is 17.0 Å². The average molecular weight is 455 g/mol. The summed E-state index contributed by atoms with van der Waals surface area (Å²) in [6.07, 6.45) is 1.76. The van der Waals surface area contributed by atoms with Crippen molar-refractivity contribution in [3.8, 4) is 5.69 Å². The number of rotatable bonds is 4. The van der Waals surface area contributed by atoms with E-state index < -0.39 is 0 Å². The number of aromatic nitrogens is 1. The van der Waals surface area contributed by atoms with Crippen LogP contribution in [0.15, 0.2) is 53.4 Å². The number of hydrogen-bond acceptors (Lipinski definition) is 3. The van der Waals surface area contributed by atoms with Crippen LogP contribution in [0.1, 0.15) is 28.1 Å². The summed E-state index contributed by atoms with van der Waals surface area (Å²) < 4.78 is 15.2. The molecule has 0 saturated carbocycles. The Morgan fingerprint density at radius 2 is 1.77 bits per heavy atom. The first-order chi connectivity index (χ1) is 14.8. The lowest BCUT2D eigenvalue weighted by molar-refractivity contribution is -0.123. The third-order valence-corrected chi connectivity index (χ3v) is 6.68. The van der Waals surface area contributed by atoms with Gasteiger partial charge in [-0.1, -0.05) is 29.8 Å². The van der Waals surface area contributed by atoms with Crippen LogP contribution in [0, 0.1) is 26.6 Å². The zero-order valence-electron chi connectivity index (χ0n) is 17.3. The highest BCUT2D eigenvalue weighted by Crippen LogP contribution is 2.35. The molecule has 2 aromatic carbocycles. The van der Waals surface area contributed by atoms with E-state index in [0.29, 0.717) is 15.5 Å². The predicted molar refractivity (Wildman–Crippen MR) is 123 cm³/mol. The van der Waals surface area contributed by atoms with E-state index in [0.717, 1.165) is 40.0 Å². The number of nitrogens with zero attached hydrogens (tertiary/aromatic N) is 2. The molecule has 3 aromatic rings. The minimum Gasteiger partial charge on any atom is -0.318 e. The highest BCUT2D eigenvalue weighted by Gasteiger charge is 2.35. The van der Waals surface area contributed by atoms with Crippen molar-refractivity contribution in [3.05, 3.63) is 92.4 Å². The average Bonchev–Trinajstić information content (AvgIpc) is 3.15. The smallest absolute Gasteiger partial charge is 0.293 e. The van der Waals surface area contributed by atoms with Crippen LogP contribution in [0.5, 0.6) is 0 Å². The number of imide groups is 1. The molecule has 1 saturated heterocycles. The molecule has 2 heterocycles. The Balaban J connectivity index is 1.65. The van der Waals surface area contributed by atoms with E-state index in [9.17, 15) is 14.0 Å². The van der Waals surface area contributed by atoms with Gasteiger partial charge in [0.15, 0.2) is 0 Å². The van der Waals surface area contributed by atoms with Crippen molar-refractivity contribution in [2.45, 2.75) is 27.3 Å². The van der Waals surface area contributed by atoms with Crippen molar-refractivity contribution < 1.29 is 14.0 Å². The van der Waals surface area contributed by atoms with Crippen molar-refractivity contribution in [2.75, 3.05) is 0 Å². The lowest BCUT2D eigenvalue weighted by Gasteiger charge is -2.13. The third-order valence-electron chi connectivity index (χ3n) is 5.36. The largest absolute Gasteiger partial charge is 0.318 e. The maximum atomic E-state index is 13.1. The highest BCUT2D eigenvalue weighted by atomic mass is 35.5. The van der Waals surface area contributed by atoms with Gasteiger partial charge in [-0.15, -0.1) is 0 Å². The Morgan fingerprint density at radius 1 is 1.06 bits per heavy atom. The molecule has 0 atom stereocenters. The lowest BCUT2D eigenvalue weighted by Crippen LogP contribution is -2.27. The minimum atomic E-state index is -0.358. The molecule has 7 heteroatoms. The van der Waals surface area contributed by atoms with Crippen LogP contribution in [-0.2, 0) is 11.3 Å². The number of benzene rings is 2. The van der Waals surface area contributed by atoms with Gasteiger partial charge in [-0.3, -0.25) is 14.5 Å². The van der Waals surface area contributed by atoms with Gasteiger partial charge in [-0.25, -0.2) is 4.39 Å². The van der Waals surface area contributed by atoms with E-state index in [2.05, 4.69) is 4.57 Å². The van der Waals surface area contributed by atoms with Crippen LogP contribution in [0.2, 0.25) is 5.02 Å². The summed E-state index contributed by atoms with van der Waals surface area (Å²) >= 11 is 7.22. The van der Waals surface area contributed by atoms with Crippen LogP contribution in [-0.4, -0.2) is 20.6 Å². The molecule has 0 aliphatic carbocycles. The second kappa shape index (κ2) is 8.36. The number of aryl methyl sites for hydroxylation is 1. The van der Waals surface area contributed by atoms with Crippen molar-refractivity contribution in [2.24, 2.45) is 0 Å². The van der Waals surface area contributed by atoms with Gasteiger partial charge >= 0.3 is 0 Å². The molecule has 4 nitrogen and oxygen atoms in total. The van der Waals surface area contributed by atoms with Gasteiger partial charge in [-0.2, -0.15) is 0 Å². The Morgan fingerprint density at radius 3 is 2.48 bits per heavy atom. The second-order valence-corrected chi connectivity index (χ2v) is 8.84. The van der Waals surface area contributed by atoms with Gasteiger partial charge in [0.05, 0.1) is 11.4 Å². The van der Waals surface area contributed by atoms with Gasteiger partial charge in [0.25, 0.3) is 11.1 Å². The molecule has 0 bridgehead atoms.